The summed E-state index contributed by atoms with van der Waals surface area (Å²) in [4.78, 5) is 23.9. The number of fused-ring (bicyclic) bond motifs is 1. The van der Waals surface area contributed by atoms with Crippen molar-refractivity contribution >= 4 is 16.8 Å². The Bertz CT molecular complexity index is 729. The largest absolute Gasteiger partial charge is 0.329 e. The van der Waals surface area contributed by atoms with E-state index in [4.69, 9.17) is 0 Å². The van der Waals surface area contributed by atoms with Gasteiger partial charge in [0.2, 0.25) is 0 Å². The van der Waals surface area contributed by atoms with Crippen LogP contribution in [0.3, 0.4) is 0 Å². The highest BCUT2D eigenvalue weighted by molar-refractivity contribution is 5.82. The Morgan fingerprint density at radius 1 is 1.20 bits per heavy atom. The van der Waals surface area contributed by atoms with Crippen molar-refractivity contribution in [3.63, 3.8) is 0 Å². The van der Waals surface area contributed by atoms with Crippen molar-refractivity contribution in [2.24, 2.45) is 0 Å². The molecule has 0 unspecified atom stereocenters. The molecule has 0 atom stereocenters. The molecule has 0 aliphatic heterocycles. The number of aromatic nitrogens is 2. The fourth-order valence-electron chi connectivity index (χ4n) is 2.21. The van der Waals surface area contributed by atoms with Crippen molar-refractivity contribution in [2.45, 2.75) is 39.8 Å². The zero-order valence-corrected chi connectivity index (χ0v) is 11.6. The lowest BCUT2D eigenvalue weighted by atomic mass is 10.2. The lowest BCUT2D eigenvalue weighted by Crippen LogP contribution is -2.27. The predicted octanol–water partition coefficient (Wildman–Crippen LogP) is 2.64. The van der Waals surface area contributed by atoms with Gasteiger partial charge in [-0.1, -0.05) is 6.92 Å². The Kier molecular flexibility index (Phi) is 3.74. The van der Waals surface area contributed by atoms with E-state index >= 15 is 0 Å². The molecule has 0 saturated carbocycles. The topological polar surface area (TPSA) is 44.0 Å². The van der Waals surface area contributed by atoms with Gasteiger partial charge < -0.3 is 0 Å². The maximum absolute atomic E-state index is 13.4. The van der Waals surface area contributed by atoms with Crippen LogP contribution in [-0.4, -0.2) is 14.9 Å². The fraction of sp³-hybridized carbons (Fsp3) is 0.429. The van der Waals surface area contributed by atoms with E-state index < -0.39 is 17.3 Å². The van der Waals surface area contributed by atoms with E-state index in [0.29, 0.717) is 5.52 Å². The Morgan fingerprint density at radius 3 is 2.25 bits per heavy atom. The fourth-order valence-corrected chi connectivity index (χ4v) is 2.21. The highest BCUT2D eigenvalue weighted by Gasteiger charge is 2.19. The highest BCUT2D eigenvalue weighted by atomic mass is 19.2. The van der Waals surface area contributed by atoms with Crippen LogP contribution in [0.4, 0.5) is 8.78 Å². The molecule has 0 aliphatic rings. The summed E-state index contributed by atoms with van der Waals surface area (Å²) in [6.07, 6.45) is 0.282. The second kappa shape index (κ2) is 5.19. The average molecular weight is 282 g/mol. The monoisotopic (exact) mass is 282 g/mol. The summed E-state index contributed by atoms with van der Waals surface area (Å²) in [5.74, 6) is -2.18. The van der Waals surface area contributed by atoms with Crippen LogP contribution in [0.2, 0.25) is 0 Å². The average Bonchev–Trinajstić information content (AvgIpc) is 2.63. The number of nitrogens with zero attached hydrogens (tertiary/aromatic N) is 2. The molecular formula is C14H16F2N2O2. The highest BCUT2D eigenvalue weighted by Crippen LogP contribution is 2.20. The molecule has 0 fully saturated rings. The smallest absolute Gasteiger partial charge is 0.298 e. The zero-order chi connectivity index (χ0) is 15.0. The molecule has 20 heavy (non-hydrogen) atoms. The summed E-state index contributed by atoms with van der Waals surface area (Å²) in [6.45, 7) is 5.11. The van der Waals surface area contributed by atoms with Crippen LogP contribution in [-0.2, 0) is 11.3 Å². The predicted molar refractivity (Wildman–Crippen MR) is 71.8 cm³/mol. The number of imidazole rings is 1. The molecule has 108 valence electrons. The number of Topliss-reactive ketones (excluding diaryl/α,β-unsaturated/α-hetero) is 1. The number of benzene rings is 1. The van der Waals surface area contributed by atoms with E-state index in [1.165, 1.54) is 9.13 Å². The third-order valence-corrected chi connectivity index (χ3v) is 3.25. The van der Waals surface area contributed by atoms with Gasteiger partial charge in [0.1, 0.15) is 0 Å². The van der Waals surface area contributed by atoms with Gasteiger partial charge in [0.05, 0.1) is 17.6 Å². The normalized spacial score (nSPS) is 11.5. The second-order valence-electron chi connectivity index (χ2n) is 4.98. The molecule has 2 aromatic rings. The maximum atomic E-state index is 13.4. The van der Waals surface area contributed by atoms with Crippen molar-refractivity contribution in [2.75, 3.05) is 0 Å². The number of rotatable bonds is 4. The van der Waals surface area contributed by atoms with Crippen molar-refractivity contribution in [3.8, 4) is 0 Å². The molecule has 0 N–H and O–H groups in total. The molecule has 6 heteroatoms. The van der Waals surface area contributed by atoms with E-state index in [-0.39, 0.29) is 30.3 Å². The Hall–Kier alpha value is -1.98. The Labute approximate surface area is 114 Å². The molecule has 4 nitrogen and oxygen atoms in total. The lowest BCUT2D eigenvalue weighted by molar-refractivity contribution is -0.119. The molecule has 0 spiro atoms. The molecule has 0 bridgehead atoms. The van der Waals surface area contributed by atoms with Crippen LogP contribution in [0, 0.1) is 11.6 Å². The molecule has 0 amide bonds. The summed E-state index contributed by atoms with van der Waals surface area (Å²) in [5, 5.41) is 0. The van der Waals surface area contributed by atoms with Crippen molar-refractivity contribution in [3.05, 3.63) is 34.3 Å². The first kappa shape index (κ1) is 14.4. The molecule has 1 aromatic carbocycles. The summed E-state index contributed by atoms with van der Waals surface area (Å²) in [6, 6.07) is 1.75. The van der Waals surface area contributed by atoms with Gasteiger partial charge in [-0.15, -0.1) is 0 Å². The molecular weight excluding hydrogens is 266 g/mol. The Balaban J connectivity index is 2.80. The van der Waals surface area contributed by atoms with Crippen LogP contribution < -0.4 is 5.69 Å². The number of hydrogen-bond donors (Lipinski definition) is 0. The minimum absolute atomic E-state index is 0.128. The maximum Gasteiger partial charge on any atom is 0.329 e. The van der Waals surface area contributed by atoms with Gasteiger partial charge in [0.25, 0.3) is 0 Å². The summed E-state index contributed by atoms with van der Waals surface area (Å²) < 4.78 is 29.4. The molecule has 1 heterocycles. The van der Waals surface area contributed by atoms with Gasteiger partial charge in [-0.05, 0) is 13.8 Å². The minimum atomic E-state index is -1.03. The third-order valence-electron chi connectivity index (χ3n) is 3.25. The van der Waals surface area contributed by atoms with E-state index in [9.17, 15) is 18.4 Å². The first-order chi connectivity index (χ1) is 9.36. The first-order valence-corrected chi connectivity index (χ1v) is 6.48. The molecule has 0 radical (unpaired) electrons. The second-order valence-corrected chi connectivity index (χ2v) is 4.98. The number of carbonyl (C=O) groups excluding carboxylic acids is 1. The number of halogens is 2. The van der Waals surface area contributed by atoms with Gasteiger partial charge >= 0.3 is 5.69 Å². The van der Waals surface area contributed by atoms with Crippen molar-refractivity contribution in [1.82, 2.24) is 9.13 Å². The molecule has 0 aliphatic carbocycles. The van der Waals surface area contributed by atoms with Gasteiger partial charge in [-0.2, -0.15) is 0 Å². The van der Waals surface area contributed by atoms with Crippen LogP contribution >= 0.6 is 0 Å². The summed E-state index contributed by atoms with van der Waals surface area (Å²) in [7, 11) is 0. The first-order valence-electron chi connectivity index (χ1n) is 6.48. The molecule has 1 aromatic heterocycles. The van der Waals surface area contributed by atoms with Crippen molar-refractivity contribution < 1.29 is 13.6 Å². The van der Waals surface area contributed by atoms with Crippen molar-refractivity contribution in [1.29, 1.82) is 0 Å². The summed E-state index contributed by atoms with van der Waals surface area (Å²) >= 11 is 0. The minimum Gasteiger partial charge on any atom is -0.298 e. The number of ketones is 1. The van der Waals surface area contributed by atoms with E-state index in [0.717, 1.165) is 12.1 Å². The Morgan fingerprint density at radius 2 is 1.75 bits per heavy atom. The number of hydrogen-bond acceptors (Lipinski definition) is 2. The third kappa shape index (κ3) is 2.26. The van der Waals surface area contributed by atoms with Gasteiger partial charge in [-0.25, -0.2) is 13.6 Å². The number of carbonyl (C=O) groups is 1. The van der Waals surface area contributed by atoms with Gasteiger partial charge in [0.15, 0.2) is 17.4 Å². The van der Waals surface area contributed by atoms with Gasteiger partial charge in [-0.3, -0.25) is 13.9 Å². The van der Waals surface area contributed by atoms with Crippen LogP contribution in [0.15, 0.2) is 16.9 Å². The molecule has 2 rings (SSSR count). The zero-order valence-electron chi connectivity index (χ0n) is 11.6. The van der Waals surface area contributed by atoms with Gasteiger partial charge in [0, 0.05) is 24.6 Å². The van der Waals surface area contributed by atoms with E-state index in [2.05, 4.69) is 0 Å². The standard InChI is InChI=1S/C14H16F2N2O2/c1-4-9(19)7-17-12-5-10(15)11(16)6-13(12)18(8(2)3)14(17)20/h5-6,8H,4,7H2,1-3H3. The lowest BCUT2D eigenvalue weighted by Gasteiger charge is -2.06. The van der Waals surface area contributed by atoms with Crippen LogP contribution in [0.1, 0.15) is 33.2 Å². The quantitative estimate of drug-likeness (QED) is 0.865. The van der Waals surface area contributed by atoms with E-state index in [1.54, 1.807) is 20.8 Å². The van der Waals surface area contributed by atoms with Crippen LogP contribution in [0.5, 0.6) is 0 Å². The summed E-state index contributed by atoms with van der Waals surface area (Å²) in [5.41, 5.74) is 0.110. The van der Waals surface area contributed by atoms with Crippen LogP contribution in [0.25, 0.3) is 11.0 Å². The SMILES string of the molecule is CCC(=O)Cn1c(=O)n(C(C)C)c2cc(F)c(F)cc21. The van der Waals surface area contributed by atoms with E-state index in [1.807, 2.05) is 0 Å². The molecule has 0 saturated heterocycles.